The van der Waals surface area contributed by atoms with Gasteiger partial charge in [0.15, 0.2) is 0 Å². The lowest BCUT2D eigenvalue weighted by Gasteiger charge is -2.04. The van der Waals surface area contributed by atoms with Gasteiger partial charge in [-0.15, -0.1) is 10.2 Å². The number of hydrogen-bond acceptors (Lipinski definition) is 5. The number of carboxylic acids is 1. The van der Waals surface area contributed by atoms with Crippen LogP contribution < -0.4 is 4.74 Å². The van der Waals surface area contributed by atoms with E-state index in [1.165, 1.54) is 13.2 Å². The fraction of sp³-hybridized carbons (Fsp3) is 0.154. The number of aromatic nitrogens is 2. The highest BCUT2D eigenvalue weighted by molar-refractivity contribution is 6.19. The zero-order chi connectivity index (χ0) is 13.8. The predicted octanol–water partition coefficient (Wildman–Crippen LogP) is 2.01. The van der Waals surface area contributed by atoms with Crippen LogP contribution in [0, 0.1) is 6.92 Å². The molecule has 0 amide bonds. The molecule has 2 rings (SSSR count). The van der Waals surface area contributed by atoms with Crippen LogP contribution in [0.4, 0.5) is 0 Å². The van der Waals surface area contributed by atoms with E-state index in [0.717, 1.165) is 0 Å². The van der Waals surface area contributed by atoms with E-state index in [0.29, 0.717) is 17.2 Å². The van der Waals surface area contributed by atoms with Crippen LogP contribution in [0.3, 0.4) is 0 Å². The van der Waals surface area contributed by atoms with Gasteiger partial charge in [-0.2, -0.15) is 0 Å². The van der Waals surface area contributed by atoms with Gasteiger partial charge in [0.2, 0.25) is 5.89 Å². The van der Waals surface area contributed by atoms with Crippen molar-refractivity contribution in [2.75, 3.05) is 7.11 Å². The molecule has 2 aromatic rings. The molecule has 0 bridgehead atoms. The molecule has 0 aliphatic carbocycles. The molecule has 0 spiro atoms. The van der Waals surface area contributed by atoms with Crippen LogP contribution in [-0.4, -0.2) is 28.4 Å². The van der Waals surface area contributed by atoms with Crippen molar-refractivity contribution in [3.63, 3.8) is 0 Å². The predicted molar refractivity (Wildman–Crippen MR) is 67.5 cm³/mol. The zero-order valence-electron chi connectivity index (χ0n) is 10.5. The smallest absolute Gasteiger partial charge is 0.341 e. The number of nitrogens with zero attached hydrogens (tertiary/aromatic N) is 2. The Morgan fingerprint density at radius 2 is 2.11 bits per heavy atom. The second-order valence-corrected chi connectivity index (χ2v) is 3.73. The molecule has 0 aliphatic rings. The second-order valence-electron chi connectivity index (χ2n) is 3.73. The van der Waals surface area contributed by atoms with Crippen molar-refractivity contribution in [2.24, 2.45) is 0 Å². The minimum Gasteiger partial charge on any atom is -0.496 e. The molecule has 0 saturated heterocycles. The van der Waals surface area contributed by atoms with Gasteiger partial charge < -0.3 is 14.3 Å². The van der Waals surface area contributed by atoms with Gasteiger partial charge >= 0.3 is 5.97 Å². The summed E-state index contributed by atoms with van der Waals surface area (Å²) >= 11 is 0. The number of carbonyl (C=O) groups is 1. The minimum atomic E-state index is -1.14. The summed E-state index contributed by atoms with van der Waals surface area (Å²) in [5.41, 5.74) is 0.545. The number of ether oxygens (including phenoxy) is 1. The first-order valence-corrected chi connectivity index (χ1v) is 5.50. The van der Waals surface area contributed by atoms with Crippen molar-refractivity contribution in [1.82, 2.24) is 10.2 Å². The molecule has 19 heavy (non-hydrogen) atoms. The molecule has 1 aromatic carbocycles. The van der Waals surface area contributed by atoms with E-state index in [1.54, 1.807) is 31.2 Å². The fourth-order valence-corrected chi connectivity index (χ4v) is 1.56. The highest BCUT2D eigenvalue weighted by Crippen LogP contribution is 2.24. The number of para-hydroxylation sites is 1. The number of aliphatic carboxylic acids is 1. The summed E-state index contributed by atoms with van der Waals surface area (Å²) in [6.45, 7) is 1.60. The van der Waals surface area contributed by atoms with Gasteiger partial charge in [0.05, 0.1) is 7.11 Å². The Balaban J connectivity index is 2.50. The lowest BCUT2D eigenvalue weighted by Crippen LogP contribution is -2.00. The lowest BCUT2D eigenvalue weighted by molar-refractivity contribution is -0.130. The van der Waals surface area contributed by atoms with Crippen molar-refractivity contribution in [2.45, 2.75) is 6.92 Å². The maximum absolute atomic E-state index is 11.3. The molecule has 0 unspecified atom stereocenters. The first kappa shape index (κ1) is 12.8. The van der Waals surface area contributed by atoms with E-state index in [4.69, 9.17) is 9.15 Å². The molecule has 0 saturated carbocycles. The standard InChI is InChI=1S/C13H12N2O4/c1-8-14-15-12(19-8)10(13(16)17)7-9-5-3-4-6-11(9)18-2/h3-7H,1-2H3,(H,16,17)/b10-7-. The van der Waals surface area contributed by atoms with E-state index < -0.39 is 5.97 Å². The third kappa shape index (κ3) is 2.79. The summed E-state index contributed by atoms with van der Waals surface area (Å²) in [5.74, 6) is -0.301. The van der Waals surface area contributed by atoms with Gasteiger partial charge in [-0.3, -0.25) is 0 Å². The first-order chi connectivity index (χ1) is 9.11. The number of aryl methyl sites for hydroxylation is 1. The first-order valence-electron chi connectivity index (χ1n) is 5.50. The van der Waals surface area contributed by atoms with Crippen LogP contribution >= 0.6 is 0 Å². The van der Waals surface area contributed by atoms with Crippen molar-refractivity contribution in [1.29, 1.82) is 0 Å². The highest BCUT2D eigenvalue weighted by Gasteiger charge is 2.17. The van der Waals surface area contributed by atoms with E-state index in [9.17, 15) is 9.90 Å². The van der Waals surface area contributed by atoms with Crippen molar-refractivity contribution < 1.29 is 19.1 Å². The second kappa shape index (κ2) is 5.34. The molecule has 98 valence electrons. The zero-order valence-corrected chi connectivity index (χ0v) is 10.5. The van der Waals surface area contributed by atoms with Gasteiger partial charge in [-0.25, -0.2) is 4.79 Å². The molecule has 0 radical (unpaired) electrons. The summed E-state index contributed by atoms with van der Waals surface area (Å²) in [7, 11) is 1.52. The minimum absolute atomic E-state index is 0.0316. The Bertz CT molecular complexity index is 631. The van der Waals surface area contributed by atoms with E-state index in [-0.39, 0.29) is 11.5 Å². The topological polar surface area (TPSA) is 85.5 Å². The summed E-state index contributed by atoms with van der Waals surface area (Å²) in [6.07, 6.45) is 1.44. The van der Waals surface area contributed by atoms with Crippen LogP contribution in [0.2, 0.25) is 0 Å². The lowest BCUT2D eigenvalue weighted by atomic mass is 10.1. The van der Waals surface area contributed by atoms with Crippen LogP contribution in [0.5, 0.6) is 5.75 Å². The molecular weight excluding hydrogens is 248 g/mol. The summed E-state index contributed by atoms with van der Waals surface area (Å²) in [5, 5.41) is 16.6. The molecule has 6 heteroatoms. The number of carboxylic acid groups (broad SMARTS) is 1. The van der Waals surface area contributed by atoms with E-state index >= 15 is 0 Å². The van der Waals surface area contributed by atoms with Crippen molar-refractivity contribution in [3.05, 3.63) is 41.6 Å². The Morgan fingerprint density at radius 1 is 1.37 bits per heavy atom. The monoisotopic (exact) mass is 260 g/mol. The largest absolute Gasteiger partial charge is 0.496 e. The van der Waals surface area contributed by atoms with E-state index in [1.807, 2.05) is 0 Å². The average molecular weight is 260 g/mol. The van der Waals surface area contributed by atoms with Crippen molar-refractivity contribution >= 4 is 17.6 Å². The summed E-state index contributed by atoms with van der Waals surface area (Å²) < 4.78 is 10.3. The fourth-order valence-electron chi connectivity index (χ4n) is 1.56. The number of methoxy groups -OCH3 is 1. The van der Waals surface area contributed by atoms with Crippen LogP contribution in [0.25, 0.3) is 11.6 Å². The van der Waals surface area contributed by atoms with Gasteiger partial charge in [0.25, 0.3) is 5.89 Å². The maximum Gasteiger partial charge on any atom is 0.341 e. The van der Waals surface area contributed by atoms with Crippen LogP contribution in [0.15, 0.2) is 28.7 Å². The molecule has 1 N–H and O–H groups in total. The average Bonchev–Trinajstić information content (AvgIpc) is 2.82. The normalized spacial score (nSPS) is 11.4. The Labute approximate surface area is 109 Å². The Kier molecular flexibility index (Phi) is 3.61. The summed E-state index contributed by atoms with van der Waals surface area (Å²) in [6, 6.07) is 7.07. The molecule has 1 heterocycles. The van der Waals surface area contributed by atoms with Crippen molar-refractivity contribution in [3.8, 4) is 5.75 Å². The van der Waals surface area contributed by atoms with Gasteiger partial charge in [-0.1, -0.05) is 18.2 Å². The van der Waals surface area contributed by atoms with E-state index in [2.05, 4.69) is 10.2 Å². The van der Waals surface area contributed by atoms with Crippen LogP contribution in [0.1, 0.15) is 17.3 Å². The number of benzene rings is 1. The molecule has 6 nitrogen and oxygen atoms in total. The van der Waals surface area contributed by atoms with Gasteiger partial charge in [0.1, 0.15) is 11.3 Å². The third-order valence-corrected chi connectivity index (χ3v) is 2.43. The van der Waals surface area contributed by atoms with Gasteiger partial charge in [0, 0.05) is 12.5 Å². The van der Waals surface area contributed by atoms with Crippen LogP contribution in [-0.2, 0) is 4.79 Å². The molecular formula is C13H12N2O4. The third-order valence-electron chi connectivity index (χ3n) is 2.43. The van der Waals surface area contributed by atoms with Gasteiger partial charge in [-0.05, 0) is 12.1 Å². The molecule has 0 aliphatic heterocycles. The Morgan fingerprint density at radius 3 is 2.68 bits per heavy atom. The molecule has 0 atom stereocenters. The SMILES string of the molecule is COc1ccccc1/C=C(\C(=O)O)c1nnc(C)o1. The maximum atomic E-state index is 11.3. The molecule has 1 aromatic heterocycles. The number of rotatable bonds is 4. The Hall–Kier alpha value is -2.63. The quantitative estimate of drug-likeness (QED) is 0.846. The molecule has 0 fully saturated rings. The highest BCUT2D eigenvalue weighted by atomic mass is 16.5. The summed E-state index contributed by atoms with van der Waals surface area (Å²) in [4.78, 5) is 11.3. The number of hydrogen-bond donors (Lipinski definition) is 1.